The van der Waals surface area contributed by atoms with Gasteiger partial charge in [0.05, 0.1) is 11.5 Å². The van der Waals surface area contributed by atoms with Crippen molar-refractivity contribution in [1.82, 2.24) is 19.5 Å². The van der Waals surface area contributed by atoms with Crippen molar-refractivity contribution >= 4 is 15.7 Å². The van der Waals surface area contributed by atoms with Crippen molar-refractivity contribution in [2.24, 2.45) is 5.73 Å². The Bertz CT molecular complexity index is 785. The van der Waals surface area contributed by atoms with Crippen LogP contribution < -0.4 is 5.73 Å². The van der Waals surface area contributed by atoms with E-state index in [0.717, 1.165) is 0 Å². The van der Waals surface area contributed by atoms with E-state index in [-0.39, 0.29) is 29.1 Å². The number of nitrogens with zero attached hydrogens (tertiary/aromatic N) is 4. The van der Waals surface area contributed by atoms with Crippen molar-refractivity contribution in [1.29, 1.82) is 0 Å². The van der Waals surface area contributed by atoms with Crippen LogP contribution in [-0.4, -0.2) is 45.3 Å². The molecule has 1 atom stereocenters. The highest BCUT2D eigenvalue weighted by Crippen LogP contribution is 2.30. The van der Waals surface area contributed by atoms with Gasteiger partial charge < -0.3 is 5.73 Å². The summed E-state index contributed by atoms with van der Waals surface area (Å²) in [6, 6.07) is 0. The summed E-state index contributed by atoms with van der Waals surface area (Å²) in [7, 11) is -3.06. The van der Waals surface area contributed by atoms with E-state index in [1.54, 1.807) is 17.0 Å². The van der Waals surface area contributed by atoms with Crippen LogP contribution in [0.3, 0.4) is 0 Å². The van der Waals surface area contributed by atoms with Gasteiger partial charge in [0, 0.05) is 30.1 Å². The molecule has 1 aliphatic rings. The molecule has 1 fully saturated rings. The summed E-state index contributed by atoms with van der Waals surface area (Å²) in [6.07, 6.45) is 6.63. The second kappa shape index (κ2) is 4.92. The van der Waals surface area contributed by atoms with Crippen LogP contribution in [0.25, 0.3) is 5.95 Å². The predicted octanol–water partition coefficient (Wildman–Crippen LogP) is -0.337. The Morgan fingerprint density at radius 3 is 2.81 bits per heavy atom. The van der Waals surface area contributed by atoms with E-state index in [1.807, 2.05) is 0 Å². The monoisotopic (exact) mass is 307 g/mol. The smallest absolute Gasteiger partial charge is 0.267 e. The Morgan fingerprint density at radius 2 is 2.24 bits per heavy atom. The molecule has 9 heteroatoms. The van der Waals surface area contributed by atoms with Gasteiger partial charge in [-0.15, -0.1) is 0 Å². The zero-order valence-corrected chi connectivity index (χ0v) is 11.8. The third-order valence-corrected chi connectivity index (χ3v) is 5.21. The molecular formula is C12H13N5O3S. The molecule has 2 aromatic rings. The molecule has 1 unspecified atom stereocenters. The Balaban J connectivity index is 2.04. The Labute approximate surface area is 121 Å². The lowest BCUT2D eigenvalue weighted by atomic mass is 9.98. The lowest BCUT2D eigenvalue weighted by Crippen LogP contribution is -2.20. The topological polar surface area (TPSA) is 121 Å². The van der Waals surface area contributed by atoms with E-state index in [1.165, 1.54) is 12.5 Å². The average Bonchev–Trinajstić information content (AvgIpc) is 3.07. The fourth-order valence-corrected chi connectivity index (χ4v) is 4.19. The van der Waals surface area contributed by atoms with Crippen LogP contribution in [0.2, 0.25) is 0 Å². The van der Waals surface area contributed by atoms with Crippen molar-refractivity contribution in [2.45, 2.75) is 12.3 Å². The van der Waals surface area contributed by atoms with Crippen molar-refractivity contribution in [3.05, 3.63) is 36.2 Å². The van der Waals surface area contributed by atoms with Crippen LogP contribution in [0.5, 0.6) is 0 Å². The molecule has 0 aromatic carbocycles. The number of hydrogen-bond acceptors (Lipinski definition) is 6. The van der Waals surface area contributed by atoms with Crippen LogP contribution in [0.1, 0.15) is 28.4 Å². The van der Waals surface area contributed by atoms with E-state index in [2.05, 4.69) is 15.0 Å². The fourth-order valence-electron chi connectivity index (χ4n) is 2.42. The molecule has 2 aromatic heterocycles. The van der Waals surface area contributed by atoms with Gasteiger partial charge in [-0.05, 0) is 6.42 Å². The van der Waals surface area contributed by atoms with Gasteiger partial charge in [0.1, 0.15) is 12.0 Å². The van der Waals surface area contributed by atoms with E-state index in [9.17, 15) is 13.2 Å². The first kappa shape index (κ1) is 13.7. The van der Waals surface area contributed by atoms with E-state index in [0.29, 0.717) is 12.0 Å². The summed E-state index contributed by atoms with van der Waals surface area (Å²) in [5.41, 5.74) is 5.93. The summed E-state index contributed by atoms with van der Waals surface area (Å²) in [5, 5.41) is 0. The van der Waals surface area contributed by atoms with Gasteiger partial charge >= 0.3 is 0 Å². The number of carbonyl (C=O) groups is 1. The number of sulfone groups is 1. The van der Waals surface area contributed by atoms with Crippen LogP contribution >= 0.6 is 0 Å². The molecule has 8 nitrogen and oxygen atoms in total. The van der Waals surface area contributed by atoms with Crippen molar-refractivity contribution in [2.75, 3.05) is 11.5 Å². The molecule has 3 rings (SSSR count). The minimum Gasteiger partial charge on any atom is -0.364 e. The van der Waals surface area contributed by atoms with Gasteiger partial charge in [0.25, 0.3) is 5.91 Å². The van der Waals surface area contributed by atoms with Gasteiger partial charge in [-0.1, -0.05) is 0 Å². The lowest BCUT2D eigenvalue weighted by Gasteiger charge is -2.12. The maximum absolute atomic E-state index is 11.6. The average molecular weight is 307 g/mol. The van der Waals surface area contributed by atoms with Gasteiger partial charge in [0.2, 0.25) is 5.95 Å². The van der Waals surface area contributed by atoms with Crippen LogP contribution in [0.15, 0.2) is 24.9 Å². The molecule has 1 saturated heterocycles. The molecule has 0 saturated carbocycles. The zero-order chi connectivity index (χ0) is 15.0. The number of imidazole rings is 1. The summed E-state index contributed by atoms with van der Waals surface area (Å²) < 4.78 is 24.7. The Kier molecular flexibility index (Phi) is 3.20. The summed E-state index contributed by atoms with van der Waals surface area (Å²) >= 11 is 0. The molecule has 0 spiro atoms. The number of nitrogens with two attached hydrogens (primary N) is 1. The number of carbonyl (C=O) groups excluding carboxylic acids is 1. The standard InChI is InChI=1S/C12H13N5O3S/c13-11(18)10-9(8-1-4-21(19,20)6-8)5-15-12(16-10)17-3-2-14-7-17/h2-3,5,7-8H,1,4,6H2,(H2,13,18). The summed E-state index contributed by atoms with van der Waals surface area (Å²) in [4.78, 5) is 23.8. The molecule has 1 amide bonds. The molecule has 0 radical (unpaired) electrons. The molecule has 0 bridgehead atoms. The highest BCUT2D eigenvalue weighted by molar-refractivity contribution is 7.91. The maximum atomic E-state index is 11.6. The Hall–Kier alpha value is -2.29. The molecule has 2 N–H and O–H groups in total. The highest BCUT2D eigenvalue weighted by Gasteiger charge is 2.32. The third-order valence-electron chi connectivity index (χ3n) is 3.45. The largest absolute Gasteiger partial charge is 0.364 e. The normalized spacial score (nSPS) is 20.5. The maximum Gasteiger partial charge on any atom is 0.267 e. The quantitative estimate of drug-likeness (QED) is 0.828. The number of amides is 1. The number of rotatable bonds is 3. The van der Waals surface area contributed by atoms with E-state index < -0.39 is 15.7 Å². The second-order valence-electron chi connectivity index (χ2n) is 4.91. The first-order valence-corrected chi connectivity index (χ1v) is 8.14. The first-order chi connectivity index (χ1) is 9.96. The molecule has 110 valence electrons. The van der Waals surface area contributed by atoms with E-state index >= 15 is 0 Å². The van der Waals surface area contributed by atoms with Crippen LogP contribution in [-0.2, 0) is 9.84 Å². The highest BCUT2D eigenvalue weighted by atomic mass is 32.2. The SMILES string of the molecule is NC(=O)c1nc(-n2ccnc2)ncc1C1CCS(=O)(=O)C1. The van der Waals surface area contributed by atoms with Gasteiger partial charge in [0.15, 0.2) is 9.84 Å². The molecule has 0 aliphatic carbocycles. The predicted molar refractivity (Wildman–Crippen MR) is 73.7 cm³/mol. The van der Waals surface area contributed by atoms with Crippen molar-refractivity contribution < 1.29 is 13.2 Å². The van der Waals surface area contributed by atoms with E-state index in [4.69, 9.17) is 5.73 Å². The molecule has 21 heavy (non-hydrogen) atoms. The second-order valence-corrected chi connectivity index (χ2v) is 7.14. The van der Waals surface area contributed by atoms with Crippen molar-refractivity contribution in [3.63, 3.8) is 0 Å². The third kappa shape index (κ3) is 2.64. The fraction of sp³-hybridized carbons (Fsp3) is 0.333. The Morgan fingerprint density at radius 1 is 1.43 bits per heavy atom. The molecular weight excluding hydrogens is 294 g/mol. The minimum atomic E-state index is -3.06. The van der Waals surface area contributed by atoms with Crippen LogP contribution in [0.4, 0.5) is 0 Å². The lowest BCUT2D eigenvalue weighted by molar-refractivity contribution is 0.0994. The zero-order valence-electron chi connectivity index (χ0n) is 11.0. The van der Waals surface area contributed by atoms with Gasteiger partial charge in [-0.3, -0.25) is 9.36 Å². The molecule has 3 heterocycles. The number of hydrogen-bond donors (Lipinski definition) is 1. The van der Waals surface area contributed by atoms with Crippen molar-refractivity contribution in [3.8, 4) is 5.95 Å². The van der Waals surface area contributed by atoms with Gasteiger partial charge in [-0.25, -0.2) is 23.4 Å². The minimum absolute atomic E-state index is 0.00105. The summed E-state index contributed by atoms with van der Waals surface area (Å²) in [5.74, 6) is -0.599. The van der Waals surface area contributed by atoms with Gasteiger partial charge in [-0.2, -0.15) is 0 Å². The molecule has 1 aliphatic heterocycles. The number of aromatic nitrogens is 4. The van der Waals surface area contributed by atoms with Crippen LogP contribution in [0, 0.1) is 0 Å². The number of primary amides is 1. The summed E-state index contributed by atoms with van der Waals surface area (Å²) in [6.45, 7) is 0. The first-order valence-electron chi connectivity index (χ1n) is 6.32.